The lowest BCUT2D eigenvalue weighted by molar-refractivity contribution is 0.470. The lowest BCUT2D eigenvalue weighted by atomic mass is 9.89. The molecule has 1 fully saturated rings. The molecule has 1 aliphatic carbocycles. The van der Waals surface area contributed by atoms with Gasteiger partial charge in [-0.05, 0) is 54.8 Å². The van der Waals surface area contributed by atoms with Crippen LogP contribution in [0.4, 0.5) is 0 Å². The van der Waals surface area contributed by atoms with Crippen molar-refractivity contribution in [2.45, 2.75) is 51.0 Å². The van der Waals surface area contributed by atoms with Crippen LogP contribution < -0.4 is 5.32 Å². The summed E-state index contributed by atoms with van der Waals surface area (Å²) in [4.78, 5) is 0. The molecule has 0 bridgehead atoms. The van der Waals surface area contributed by atoms with Gasteiger partial charge in [0, 0.05) is 6.04 Å². The molecule has 1 heterocycles. The van der Waals surface area contributed by atoms with E-state index in [0.717, 1.165) is 12.5 Å². The summed E-state index contributed by atoms with van der Waals surface area (Å²) in [6, 6.07) is 7.85. The van der Waals surface area contributed by atoms with E-state index in [1.807, 2.05) is 0 Å². The van der Waals surface area contributed by atoms with E-state index in [4.69, 9.17) is 0 Å². The van der Waals surface area contributed by atoms with Gasteiger partial charge in [0.15, 0.2) is 0 Å². The van der Waals surface area contributed by atoms with Crippen molar-refractivity contribution in [1.82, 2.24) is 5.32 Å². The third-order valence-corrected chi connectivity index (χ3v) is 3.96. The number of hydrogen-bond acceptors (Lipinski definition) is 1. The Balaban J connectivity index is 1.92. The van der Waals surface area contributed by atoms with Crippen molar-refractivity contribution in [2.75, 3.05) is 6.54 Å². The molecule has 0 aromatic heterocycles. The molecule has 1 heteroatoms. The molecule has 0 spiro atoms. The van der Waals surface area contributed by atoms with Gasteiger partial charge in [-0.1, -0.05) is 31.5 Å². The minimum Gasteiger partial charge on any atom is -0.310 e. The van der Waals surface area contributed by atoms with Crippen LogP contribution in [0.3, 0.4) is 0 Å². The van der Waals surface area contributed by atoms with Crippen LogP contribution in [-0.4, -0.2) is 6.54 Å². The van der Waals surface area contributed by atoms with Crippen molar-refractivity contribution in [3.8, 4) is 0 Å². The molecular weight excluding hydrogens is 194 g/mol. The molecule has 1 saturated carbocycles. The van der Waals surface area contributed by atoms with Crippen molar-refractivity contribution >= 4 is 0 Å². The summed E-state index contributed by atoms with van der Waals surface area (Å²) in [5.74, 6) is 0.884. The molecule has 1 aliphatic heterocycles. The zero-order valence-corrected chi connectivity index (χ0v) is 10.1. The van der Waals surface area contributed by atoms with E-state index in [2.05, 4.69) is 30.4 Å². The number of hydrogen-bond donors (Lipinski definition) is 1. The van der Waals surface area contributed by atoms with Crippen molar-refractivity contribution in [1.29, 1.82) is 0 Å². The fourth-order valence-corrected chi connectivity index (χ4v) is 2.87. The van der Waals surface area contributed by atoms with E-state index in [1.165, 1.54) is 32.1 Å². The Morgan fingerprint density at radius 1 is 1.31 bits per heavy atom. The van der Waals surface area contributed by atoms with Crippen LogP contribution in [0.15, 0.2) is 18.2 Å². The fraction of sp³-hybridized carbons (Fsp3) is 0.600. The second-order valence-electron chi connectivity index (χ2n) is 5.28. The zero-order chi connectivity index (χ0) is 11.0. The lowest BCUT2D eigenvalue weighted by Gasteiger charge is -2.27. The predicted molar refractivity (Wildman–Crippen MR) is 67.8 cm³/mol. The molecule has 1 atom stereocenters. The second-order valence-corrected chi connectivity index (χ2v) is 5.28. The first kappa shape index (κ1) is 10.3. The Labute approximate surface area is 98.3 Å². The van der Waals surface area contributed by atoms with Crippen LogP contribution in [0.25, 0.3) is 0 Å². The first-order valence-electron chi connectivity index (χ1n) is 6.74. The van der Waals surface area contributed by atoms with Crippen LogP contribution in [-0.2, 0) is 6.42 Å². The third-order valence-electron chi connectivity index (χ3n) is 3.96. The van der Waals surface area contributed by atoms with E-state index in [-0.39, 0.29) is 0 Å². The average Bonchev–Trinajstić information content (AvgIpc) is 3.13. The van der Waals surface area contributed by atoms with Gasteiger partial charge in [-0.25, -0.2) is 0 Å². The summed E-state index contributed by atoms with van der Waals surface area (Å²) < 4.78 is 0. The Bertz CT molecular complexity index is 379. The topological polar surface area (TPSA) is 12.0 Å². The van der Waals surface area contributed by atoms with Gasteiger partial charge in [0.05, 0.1) is 0 Å². The maximum Gasteiger partial charge on any atom is 0.0323 e. The van der Waals surface area contributed by atoms with Crippen molar-refractivity contribution < 1.29 is 0 Å². The first-order valence-corrected chi connectivity index (χ1v) is 6.74. The molecule has 1 aromatic rings. The summed E-state index contributed by atoms with van der Waals surface area (Å²) in [6.07, 6.45) is 6.57. The minimum atomic E-state index is 0.618. The molecule has 86 valence electrons. The number of fused-ring (bicyclic) bond motifs is 1. The molecule has 1 aromatic carbocycles. The highest BCUT2D eigenvalue weighted by atomic mass is 14.9. The molecule has 1 nitrogen and oxygen atoms in total. The molecule has 1 unspecified atom stereocenters. The zero-order valence-electron chi connectivity index (χ0n) is 10.1. The molecule has 1 N–H and O–H groups in total. The van der Waals surface area contributed by atoms with Crippen molar-refractivity contribution in [3.05, 3.63) is 34.9 Å². The Morgan fingerprint density at radius 3 is 2.94 bits per heavy atom. The van der Waals surface area contributed by atoms with Gasteiger partial charge >= 0.3 is 0 Å². The Kier molecular flexibility index (Phi) is 2.72. The van der Waals surface area contributed by atoms with Crippen LogP contribution >= 0.6 is 0 Å². The number of nitrogens with one attached hydrogen (secondary N) is 1. The summed E-state index contributed by atoms with van der Waals surface area (Å²) in [5, 5.41) is 3.66. The van der Waals surface area contributed by atoms with E-state index < -0.39 is 0 Å². The fourth-order valence-electron chi connectivity index (χ4n) is 2.87. The monoisotopic (exact) mass is 215 g/mol. The predicted octanol–water partition coefficient (Wildman–Crippen LogP) is 3.55. The summed E-state index contributed by atoms with van der Waals surface area (Å²) in [7, 11) is 0. The molecule has 0 radical (unpaired) electrons. The van der Waals surface area contributed by atoms with Gasteiger partial charge in [-0.15, -0.1) is 0 Å². The molecular formula is C15H21N. The van der Waals surface area contributed by atoms with Crippen LogP contribution in [0.5, 0.6) is 0 Å². The third kappa shape index (κ3) is 1.89. The Morgan fingerprint density at radius 2 is 2.19 bits per heavy atom. The second kappa shape index (κ2) is 4.21. The van der Waals surface area contributed by atoms with Crippen LogP contribution in [0.2, 0.25) is 0 Å². The van der Waals surface area contributed by atoms with E-state index >= 15 is 0 Å². The van der Waals surface area contributed by atoms with Gasteiger partial charge < -0.3 is 5.32 Å². The van der Waals surface area contributed by atoms with Gasteiger partial charge in [-0.2, -0.15) is 0 Å². The first-order chi connectivity index (χ1) is 7.88. The lowest BCUT2D eigenvalue weighted by Crippen LogP contribution is -2.29. The van der Waals surface area contributed by atoms with E-state index in [1.54, 1.807) is 16.7 Å². The highest BCUT2D eigenvalue weighted by Gasteiger charge is 2.26. The molecule has 3 rings (SSSR count). The van der Waals surface area contributed by atoms with Gasteiger partial charge in [0.25, 0.3) is 0 Å². The van der Waals surface area contributed by atoms with Gasteiger partial charge in [0.2, 0.25) is 0 Å². The SMILES string of the molecule is CCCC1NCCc2ccc(C3CC3)cc21. The van der Waals surface area contributed by atoms with Crippen LogP contribution in [0.1, 0.15) is 61.3 Å². The van der Waals surface area contributed by atoms with Crippen LogP contribution in [0, 0.1) is 0 Å². The summed E-state index contributed by atoms with van der Waals surface area (Å²) in [6.45, 7) is 3.43. The number of rotatable bonds is 3. The smallest absolute Gasteiger partial charge is 0.0323 e. The normalized spacial score (nSPS) is 24.2. The standard InChI is InChI=1S/C15H21N/c1-2-3-15-14-10-13(11-4-5-11)7-6-12(14)8-9-16-15/h6-7,10-11,15-16H,2-5,8-9H2,1H3. The van der Waals surface area contributed by atoms with Gasteiger partial charge in [-0.3, -0.25) is 0 Å². The minimum absolute atomic E-state index is 0.618. The summed E-state index contributed by atoms with van der Waals surface area (Å²) >= 11 is 0. The molecule has 0 saturated heterocycles. The van der Waals surface area contributed by atoms with Gasteiger partial charge in [0.1, 0.15) is 0 Å². The maximum absolute atomic E-state index is 3.66. The quantitative estimate of drug-likeness (QED) is 0.813. The van der Waals surface area contributed by atoms with E-state index in [9.17, 15) is 0 Å². The van der Waals surface area contributed by atoms with Crippen molar-refractivity contribution in [2.24, 2.45) is 0 Å². The largest absolute Gasteiger partial charge is 0.310 e. The highest BCUT2D eigenvalue weighted by molar-refractivity contribution is 5.38. The average molecular weight is 215 g/mol. The Hall–Kier alpha value is -0.820. The maximum atomic E-state index is 3.66. The molecule has 2 aliphatic rings. The number of benzene rings is 1. The molecule has 16 heavy (non-hydrogen) atoms. The van der Waals surface area contributed by atoms with E-state index in [0.29, 0.717) is 6.04 Å². The molecule has 0 amide bonds. The van der Waals surface area contributed by atoms with Crippen molar-refractivity contribution in [3.63, 3.8) is 0 Å². The highest BCUT2D eigenvalue weighted by Crippen LogP contribution is 2.41. The summed E-state index contributed by atoms with van der Waals surface area (Å²) in [5.41, 5.74) is 4.77.